The van der Waals surface area contributed by atoms with E-state index < -0.39 is 5.91 Å². The van der Waals surface area contributed by atoms with Crippen LogP contribution in [-0.2, 0) is 11.3 Å². The fourth-order valence-electron chi connectivity index (χ4n) is 2.32. The molecule has 5 nitrogen and oxygen atoms in total. The minimum absolute atomic E-state index is 0.0311. The molecule has 1 N–H and O–H groups in total. The highest BCUT2D eigenvalue weighted by Crippen LogP contribution is 2.18. The van der Waals surface area contributed by atoms with Gasteiger partial charge in [0.05, 0.1) is 12.8 Å². The number of amides is 1. The lowest BCUT2D eigenvalue weighted by molar-refractivity contribution is -0.117. The third-order valence-electron chi connectivity index (χ3n) is 3.55. The molecule has 0 saturated heterocycles. The molecule has 2 heterocycles. The number of hydrogen-bond donors (Lipinski definition) is 1. The second kappa shape index (κ2) is 7.69. The first-order valence-corrected chi connectivity index (χ1v) is 8.32. The third-order valence-corrected chi connectivity index (χ3v) is 4.07. The fraction of sp³-hybridized carbons (Fsp3) is 0.0526. The van der Waals surface area contributed by atoms with E-state index in [2.05, 4.69) is 21.2 Å². The van der Waals surface area contributed by atoms with Crippen molar-refractivity contribution in [3.8, 4) is 11.8 Å². The van der Waals surface area contributed by atoms with Crippen LogP contribution in [-0.4, -0.2) is 10.5 Å². The highest BCUT2D eigenvalue weighted by atomic mass is 79.9. The van der Waals surface area contributed by atoms with E-state index in [0.29, 0.717) is 5.76 Å². The van der Waals surface area contributed by atoms with E-state index in [1.54, 1.807) is 18.2 Å². The first-order chi connectivity index (χ1) is 12.2. The van der Waals surface area contributed by atoms with Gasteiger partial charge >= 0.3 is 0 Å². The van der Waals surface area contributed by atoms with Gasteiger partial charge in [-0.15, -0.1) is 0 Å². The first-order valence-electron chi connectivity index (χ1n) is 7.53. The van der Waals surface area contributed by atoms with Gasteiger partial charge < -0.3 is 14.3 Å². The molecule has 0 atom stereocenters. The van der Waals surface area contributed by atoms with E-state index in [-0.39, 0.29) is 12.1 Å². The largest absolute Gasteiger partial charge is 0.467 e. The van der Waals surface area contributed by atoms with Gasteiger partial charge in [0.1, 0.15) is 17.4 Å². The summed E-state index contributed by atoms with van der Waals surface area (Å²) < 4.78 is 8.05. The summed E-state index contributed by atoms with van der Waals surface area (Å²) in [5.41, 5.74) is 1.71. The monoisotopic (exact) mass is 395 g/mol. The number of carbonyl (C=O) groups is 1. The van der Waals surface area contributed by atoms with Crippen molar-refractivity contribution in [2.75, 3.05) is 0 Å². The van der Waals surface area contributed by atoms with Gasteiger partial charge in [0.25, 0.3) is 5.91 Å². The summed E-state index contributed by atoms with van der Waals surface area (Å²) in [6, 6.07) is 16.9. The Labute approximate surface area is 153 Å². The number of halogens is 1. The molecule has 1 amide bonds. The maximum atomic E-state index is 12.2. The van der Waals surface area contributed by atoms with Crippen LogP contribution in [0.15, 0.2) is 75.5 Å². The number of hydrogen-bond acceptors (Lipinski definition) is 3. The van der Waals surface area contributed by atoms with E-state index >= 15 is 0 Å². The molecule has 3 rings (SSSR count). The molecule has 2 aromatic heterocycles. The average Bonchev–Trinajstić information content (AvgIpc) is 3.30. The molecule has 6 heteroatoms. The summed E-state index contributed by atoms with van der Waals surface area (Å²) in [5.74, 6) is 0.186. The van der Waals surface area contributed by atoms with Crippen molar-refractivity contribution in [1.29, 1.82) is 5.26 Å². The average molecular weight is 396 g/mol. The summed E-state index contributed by atoms with van der Waals surface area (Å²) in [4.78, 5) is 12.2. The third kappa shape index (κ3) is 4.08. The second-order valence-corrected chi connectivity index (χ2v) is 6.13. The van der Waals surface area contributed by atoms with Crippen LogP contribution in [0.25, 0.3) is 11.8 Å². The van der Waals surface area contributed by atoms with Crippen molar-refractivity contribution >= 4 is 27.9 Å². The highest BCUT2D eigenvalue weighted by molar-refractivity contribution is 9.10. The Morgan fingerprint density at radius 2 is 2.04 bits per heavy atom. The zero-order chi connectivity index (χ0) is 17.6. The predicted octanol–water partition coefficient (Wildman–Crippen LogP) is 4.06. The Hall–Kier alpha value is -3.04. The van der Waals surface area contributed by atoms with Crippen molar-refractivity contribution in [3.63, 3.8) is 0 Å². The van der Waals surface area contributed by atoms with Gasteiger partial charge in [-0.2, -0.15) is 5.26 Å². The standard InChI is InChI=1S/C19H14BrN3O2/c20-15-5-7-16(8-6-15)23-9-1-3-17(23)11-14(12-21)19(24)22-13-18-4-2-10-25-18/h1-11H,13H2,(H,22,24)/b14-11+. The van der Waals surface area contributed by atoms with E-state index in [1.807, 2.05) is 53.2 Å². The molecule has 0 bridgehead atoms. The summed E-state index contributed by atoms with van der Waals surface area (Å²) >= 11 is 3.41. The van der Waals surface area contributed by atoms with Crippen LogP contribution in [0.5, 0.6) is 0 Å². The molecule has 0 fully saturated rings. The van der Waals surface area contributed by atoms with Crippen molar-refractivity contribution in [2.45, 2.75) is 6.54 Å². The van der Waals surface area contributed by atoms with Crippen molar-refractivity contribution in [2.24, 2.45) is 0 Å². The number of furan rings is 1. The minimum Gasteiger partial charge on any atom is -0.467 e. The molecular formula is C19H14BrN3O2. The summed E-state index contributed by atoms with van der Waals surface area (Å²) in [6.45, 7) is 0.235. The van der Waals surface area contributed by atoms with Crippen molar-refractivity contribution in [3.05, 3.63) is 82.5 Å². The smallest absolute Gasteiger partial charge is 0.262 e. The van der Waals surface area contributed by atoms with E-state index in [9.17, 15) is 10.1 Å². The number of rotatable bonds is 5. The van der Waals surface area contributed by atoms with Gasteiger partial charge in [0.2, 0.25) is 0 Å². The number of carbonyl (C=O) groups excluding carboxylic acids is 1. The quantitative estimate of drug-likeness (QED) is 0.522. The number of nitrogens with zero attached hydrogens (tertiary/aromatic N) is 2. The van der Waals surface area contributed by atoms with Gasteiger partial charge in [-0.05, 0) is 54.6 Å². The summed E-state index contributed by atoms with van der Waals surface area (Å²) in [6.07, 6.45) is 4.98. The summed E-state index contributed by atoms with van der Waals surface area (Å²) in [7, 11) is 0. The first kappa shape index (κ1) is 16.8. The van der Waals surface area contributed by atoms with Crippen LogP contribution in [0, 0.1) is 11.3 Å². The Morgan fingerprint density at radius 3 is 2.72 bits per heavy atom. The Morgan fingerprint density at radius 1 is 1.24 bits per heavy atom. The molecule has 0 spiro atoms. The van der Waals surface area contributed by atoms with Crippen LogP contribution < -0.4 is 5.32 Å². The normalized spacial score (nSPS) is 11.1. The number of nitrogens with one attached hydrogen (secondary N) is 1. The van der Waals surface area contributed by atoms with Crippen LogP contribution >= 0.6 is 15.9 Å². The van der Waals surface area contributed by atoms with Gasteiger partial charge in [0.15, 0.2) is 0 Å². The molecule has 1 aromatic carbocycles. The van der Waals surface area contributed by atoms with Gasteiger partial charge in [-0.1, -0.05) is 15.9 Å². The number of aromatic nitrogens is 1. The highest BCUT2D eigenvalue weighted by Gasteiger charge is 2.11. The molecule has 0 aliphatic rings. The molecular weight excluding hydrogens is 382 g/mol. The maximum absolute atomic E-state index is 12.2. The van der Waals surface area contributed by atoms with Gasteiger partial charge in [-0.3, -0.25) is 4.79 Å². The Bertz CT molecular complexity index is 932. The predicted molar refractivity (Wildman–Crippen MR) is 97.6 cm³/mol. The molecule has 0 radical (unpaired) electrons. The molecule has 0 unspecified atom stereocenters. The molecule has 3 aromatic rings. The van der Waals surface area contributed by atoms with Crippen LogP contribution in [0.4, 0.5) is 0 Å². The topological polar surface area (TPSA) is 71.0 Å². The molecule has 0 aliphatic heterocycles. The van der Waals surface area contributed by atoms with Crippen molar-refractivity contribution < 1.29 is 9.21 Å². The molecule has 0 saturated carbocycles. The molecule has 25 heavy (non-hydrogen) atoms. The van der Waals surface area contributed by atoms with Crippen LogP contribution in [0.2, 0.25) is 0 Å². The van der Waals surface area contributed by atoms with Gasteiger partial charge in [0, 0.05) is 22.1 Å². The SMILES string of the molecule is N#C/C(=C\c1cccn1-c1ccc(Br)cc1)C(=O)NCc1ccco1. The van der Waals surface area contributed by atoms with Crippen LogP contribution in [0.3, 0.4) is 0 Å². The number of nitriles is 1. The van der Waals surface area contributed by atoms with E-state index in [1.165, 1.54) is 6.26 Å². The fourth-order valence-corrected chi connectivity index (χ4v) is 2.59. The Balaban J connectivity index is 1.81. The van der Waals surface area contributed by atoms with Crippen molar-refractivity contribution in [1.82, 2.24) is 9.88 Å². The Kier molecular flexibility index (Phi) is 5.17. The van der Waals surface area contributed by atoms with Gasteiger partial charge in [-0.25, -0.2) is 0 Å². The number of benzene rings is 1. The minimum atomic E-state index is -0.442. The second-order valence-electron chi connectivity index (χ2n) is 5.21. The lowest BCUT2D eigenvalue weighted by Gasteiger charge is -2.07. The van der Waals surface area contributed by atoms with E-state index in [0.717, 1.165) is 15.9 Å². The van der Waals surface area contributed by atoms with E-state index in [4.69, 9.17) is 4.42 Å². The zero-order valence-electron chi connectivity index (χ0n) is 13.1. The maximum Gasteiger partial charge on any atom is 0.262 e. The lowest BCUT2D eigenvalue weighted by Crippen LogP contribution is -2.23. The zero-order valence-corrected chi connectivity index (χ0v) is 14.7. The summed E-state index contributed by atoms with van der Waals surface area (Å²) in [5, 5.41) is 12.0. The lowest BCUT2D eigenvalue weighted by atomic mass is 10.2. The van der Waals surface area contributed by atoms with Crippen LogP contribution in [0.1, 0.15) is 11.5 Å². The molecule has 124 valence electrons. The molecule has 0 aliphatic carbocycles.